The standard InChI is InChI=1S/C13H7BrClF2NO/c14-10-5-7(15)1-3-9(10)13(19)18-8-2-4-11(16)12(17)6-8/h1-6H,(H,18,19). The van der Waals surface area contributed by atoms with E-state index in [9.17, 15) is 13.6 Å². The molecule has 6 heteroatoms. The van der Waals surface area contributed by atoms with Crippen LogP contribution in [0.4, 0.5) is 14.5 Å². The van der Waals surface area contributed by atoms with E-state index in [-0.39, 0.29) is 5.69 Å². The maximum absolute atomic E-state index is 13.0. The number of nitrogens with one attached hydrogen (secondary N) is 1. The van der Waals surface area contributed by atoms with Crippen molar-refractivity contribution in [2.24, 2.45) is 0 Å². The number of amides is 1. The number of hydrogen-bond donors (Lipinski definition) is 1. The fourth-order valence-electron chi connectivity index (χ4n) is 1.45. The quantitative estimate of drug-likeness (QED) is 0.844. The molecule has 2 aromatic carbocycles. The second kappa shape index (κ2) is 5.67. The summed E-state index contributed by atoms with van der Waals surface area (Å²) in [5.74, 6) is -2.44. The van der Waals surface area contributed by atoms with Crippen LogP contribution in [-0.4, -0.2) is 5.91 Å². The van der Waals surface area contributed by atoms with Gasteiger partial charge in [-0.25, -0.2) is 8.78 Å². The Hall–Kier alpha value is -1.46. The van der Waals surface area contributed by atoms with Gasteiger partial charge in [-0.05, 0) is 46.3 Å². The summed E-state index contributed by atoms with van der Waals surface area (Å²) in [5, 5.41) is 2.95. The molecule has 98 valence electrons. The summed E-state index contributed by atoms with van der Waals surface area (Å²) < 4.78 is 26.3. The molecule has 0 spiro atoms. The number of benzene rings is 2. The molecule has 0 bridgehead atoms. The number of rotatable bonds is 2. The lowest BCUT2D eigenvalue weighted by Crippen LogP contribution is -2.12. The first kappa shape index (κ1) is 14.0. The van der Waals surface area contributed by atoms with E-state index in [1.165, 1.54) is 12.1 Å². The molecule has 0 saturated heterocycles. The van der Waals surface area contributed by atoms with E-state index in [4.69, 9.17) is 11.6 Å². The second-order valence-corrected chi connectivity index (χ2v) is 5.00. The molecule has 0 aliphatic heterocycles. The molecular formula is C13H7BrClF2NO. The van der Waals surface area contributed by atoms with Crippen LogP contribution in [0.5, 0.6) is 0 Å². The molecule has 0 aliphatic carbocycles. The molecule has 0 saturated carbocycles. The summed E-state index contributed by atoms with van der Waals surface area (Å²) in [6.07, 6.45) is 0. The lowest BCUT2D eigenvalue weighted by atomic mass is 10.2. The molecule has 1 N–H and O–H groups in total. The van der Waals surface area contributed by atoms with E-state index in [1.54, 1.807) is 12.1 Å². The van der Waals surface area contributed by atoms with Crippen LogP contribution in [0.25, 0.3) is 0 Å². The minimum Gasteiger partial charge on any atom is -0.322 e. The van der Waals surface area contributed by atoms with Gasteiger partial charge in [-0.3, -0.25) is 4.79 Å². The molecule has 0 aromatic heterocycles. The van der Waals surface area contributed by atoms with Gasteiger partial charge < -0.3 is 5.32 Å². The van der Waals surface area contributed by atoms with E-state index in [2.05, 4.69) is 21.2 Å². The first-order valence-electron chi connectivity index (χ1n) is 5.19. The second-order valence-electron chi connectivity index (χ2n) is 3.71. The van der Waals surface area contributed by atoms with Gasteiger partial charge in [0, 0.05) is 21.2 Å². The predicted molar refractivity (Wildman–Crippen MR) is 73.5 cm³/mol. The molecule has 2 rings (SSSR count). The molecule has 19 heavy (non-hydrogen) atoms. The van der Waals surface area contributed by atoms with E-state index in [0.717, 1.165) is 12.1 Å². The van der Waals surface area contributed by atoms with Crippen LogP contribution in [0.1, 0.15) is 10.4 Å². The fraction of sp³-hybridized carbons (Fsp3) is 0. The van der Waals surface area contributed by atoms with Gasteiger partial charge in [0.05, 0.1) is 5.56 Å². The van der Waals surface area contributed by atoms with Crippen LogP contribution >= 0.6 is 27.5 Å². The van der Waals surface area contributed by atoms with Crippen molar-refractivity contribution in [2.75, 3.05) is 5.32 Å². The van der Waals surface area contributed by atoms with Crippen LogP contribution < -0.4 is 5.32 Å². The van der Waals surface area contributed by atoms with E-state index >= 15 is 0 Å². The largest absolute Gasteiger partial charge is 0.322 e. The summed E-state index contributed by atoms with van der Waals surface area (Å²) >= 11 is 8.97. The first-order chi connectivity index (χ1) is 8.97. The number of anilines is 1. The van der Waals surface area contributed by atoms with Gasteiger partial charge in [-0.1, -0.05) is 11.6 Å². The molecule has 0 atom stereocenters. The maximum atomic E-state index is 13.0. The number of carbonyl (C=O) groups is 1. The van der Waals surface area contributed by atoms with Crippen molar-refractivity contribution in [1.82, 2.24) is 0 Å². The van der Waals surface area contributed by atoms with E-state index in [1.807, 2.05) is 0 Å². The minimum absolute atomic E-state index is 0.172. The summed E-state index contributed by atoms with van der Waals surface area (Å²) in [7, 11) is 0. The summed E-state index contributed by atoms with van der Waals surface area (Å²) in [6.45, 7) is 0. The Morgan fingerprint density at radius 3 is 2.47 bits per heavy atom. The van der Waals surface area contributed by atoms with Crippen molar-refractivity contribution in [3.63, 3.8) is 0 Å². The van der Waals surface area contributed by atoms with Crippen molar-refractivity contribution in [2.45, 2.75) is 0 Å². The lowest BCUT2D eigenvalue weighted by Gasteiger charge is -2.07. The zero-order valence-electron chi connectivity index (χ0n) is 9.38. The van der Waals surface area contributed by atoms with Gasteiger partial charge in [0.25, 0.3) is 5.91 Å². The third-order valence-corrected chi connectivity index (χ3v) is 3.24. The van der Waals surface area contributed by atoms with Crippen LogP contribution in [0, 0.1) is 11.6 Å². The molecular weight excluding hydrogens is 340 g/mol. The molecule has 2 aromatic rings. The first-order valence-corrected chi connectivity index (χ1v) is 6.36. The van der Waals surface area contributed by atoms with Crippen LogP contribution in [0.2, 0.25) is 5.02 Å². The van der Waals surface area contributed by atoms with Crippen molar-refractivity contribution in [1.29, 1.82) is 0 Å². The Bertz CT molecular complexity index is 649. The Labute approximate surface area is 121 Å². The molecule has 0 heterocycles. The van der Waals surface area contributed by atoms with Crippen LogP contribution in [-0.2, 0) is 0 Å². The average molecular weight is 347 g/mol. The topological polar surface area (TPSA) is 29.1 Å². The van der Waals surface area contributed by atoms with Gasteiger partial charge >= 0.3 is 0 Å². The Kier molecular flexibility index (Phi) is 4.17. The van der Waals surface area contributed by atoms with E-state index < -0.39 is 17.5 Å². The highest BCUT2D eigenvalue weighted by atomic mass is 79.9. The Balaban J connectivity index is 2.23. The maximum Gasteiger partial charge on any atom is 0.256 e. The SMILES string of the molecule is O=C(Nc1ccc(F)c(F)c1)c1ccc(Cl)cc1Br. The Morgan fingerprint density at radius 1 is 1.11 bits per heavy atom. The zero-order valence-corrected chi connectivity index (χ0v) is 11.7. The summed E-state index contributed by atoms with van der Waals surface area (Å²) in [5.41, 5.74) is 0.514. The van der Waals surface area contributed by atoms with Gasteiger partial charge in [0.2, 0.25) is 0 Å². The third kappa shape index (κ3) is 3.30. The van der Waals surface area contributed by atoms with Crippen molar-refractivity contribution in [3.8, 4) is 0 Å². The van der Waals surface area contributed by atoms with Gasteiger partial charge in [-0.2, -0.15) is 0 Å². The molecule has 0 aliphatic rings. The zero-order chi connectivity index (χ0) is 14.0. The van der Waals surface area contributed by atoms with Gasteiger partial charge in [0.1, 0.15) is 0 Å². The number of hydrogen-bond acceptors (Lipinski definition) is 1. The number of carbonyl (C=O) groups excluding carboxylic acids is 1. The molecule has 2 nitrogen and oxygen atoms in total. The minimum atomic E-state index is -1.02. The van der Waals surface area contributed by atoms with Gasteiger partial charge in [-0.15, -0.1) is 0 Å². The monoisotopic (exact) mass is 345 g/mol. The lowest BCUT2D eigenvalue weighted by molar-refractivity contribution is 0.102. The van der Waals surface area contributed by atoms with Crippen molar-refractivity contribution >= 4 is 39.1 Å². The summed E-state index contributed by atoms with van der Waals surface area (Å²) in [4.78, 5) is 11.9. The highest BCUT2D eigenvalue weighted by molar-refractivity contribution is 9.10. The number of halogens is 4. The molecule has 1 amide bonds. The molecule has 0 unspecified atom stereocenters. The fourth-order valence-corrected chi connectivity index (χ4v) is 2.31. The smallest absolute Gasteiger partial charge is 0.256 e. The van der Waals surface area contributed by atoms with Crippen molar-refractivity contribution in [3.05, 3.63) is 63.1 Å². The van der Waals surface area contributed by atoms with Gasteiger partial charge in [0.15, 0.2) is 11.6 Å². The third-order valence-electron chi connectivity index (χ3n) is 2.35. The van der Waals surface area contributed by atoms with Crippen LogP contribution in [0.3, 0.4) is 0 Å². The normalized spacial score (nSPS) is 10.3. The van der Waals surface area contributed by atoms with E-state index in [0.29, 0.717) is 15.1 Å². The molecule has 0 radical (unpaired) electrons. The Morgan fingerprint density at radius 2 is 1.84 bits per heavy atom. The van der Waals surface area contributed by atoms with Crippen LogP contribution in [0.15, 0.2) is 40.9 Å². The summed E-state index contributed by atoms with van der Waals surface area (Å²) in [6, 6.07) is 7.80. The predicted octanol–water partition coefficient (Wildman–Crippen LogP) is 4.63. The average Bonchev–Trinajstić information content (AvgIpc) is 2.33. The highest BCUT2D eigenvalue weighted by Crippen LogP contribution is 2.23. The highest BCUT2D eigenvalue weighted by Gasteiger charge is 2.11. The molecule has 0 fully saturated rings. The van der Waals surface area contributed by atoms with Crippen molar-refractivity contribution < 1.29 is 13.6 Å².